The van der Waals surface area contributed by atoms with Crippen LogP contribution in [0.15, 0.2) is 79.0 Å². The second-order valence-corrected chi connectivity index (χ2v) is 7.19. The van der Waals surface area contributed by atoms with Gasteiger partial charge >= 0.3 is 0 Å². The Morgan fingerprint density at radius 3 is 2.42 bits per heavy atom. The number of hydrogen-bond acceptors (Lipinski definition) is 5. The first kappa shape index (κ1) is 21.9. The number of rotatable bonds is 8. The molecule has 4 rings (SSSR count). The van der Waals surface area contributed by atoms with E-state index in [1.165, 1.54) is 12.2 Å². The van der Waals surface area contributed by atoms with Gasteiger partial charge in [0.2, 0.25) is 0 Å². The lowest BCUT2D eigenvalue weighted by atomic mass is 10.1. The van der Waals surface area contributed by atoms with Crippen molar-refractivity contribution in [1.29, 1.82) is 0 Å². The van der Waals surface area contributed by atoms with Crippen molar-refractivity contribution in [3.05, 3.63) is 90.3 Å². The van der Waals surface area contributed by atoms with Crippen LogP contribution >= 0.6 is 0 Å². The molecule has 0 amide bonds. The zero-order valence-electron chi connectivity index (χ0n) is 18.7. The Bertz CT molecular complexity index is 1350. The predicted octanol–water partition coefficient (Wildman–Crippen LogP) is 5.32. The van der Waals surface area contributed by atoms with E-state index in [0.29, 0.717) is 17.2 Å². The summed E-state index contributed by atoms with van der Waals surface area (Å²) in [7, 11) is 4.84. The van der Waals surface area contributed by atoms with Crippen molar-refractivity contribution in [3.8, 4) is 28.5 Å². The number of ether oxygens (including phenoxy) is 3. The topological polar surface area (TPSA) is 62.1 Å². The summed E-state index contributed by atoms with van der Waals surface area (Å²) >= 11 is 0. The molecule has 6 heteroatoms. The lowest BCUT2D eigenvalue weighted by molar-refractivity contribution is -0.110. The number of benzene rings is 2. The minimum Gasteiger partial charge on any atom is -0.497 e. The van der Waals surface area contributed by atoms with Crippen LogP contribution in [0.25, 0.3) is 29.1 Å². The summed E-state index contributed by atoms with van der Waals surface area (Å²) in [5.74, 6) is 1.93. The van der Waals surface area contributed by atoms with E-state index in [1.807, 2.05) is 71.3 Å². The average Bonchev–Trinajstić information content (AvgIpc) is 3.24. The van der Waals surface area contributed by atoms with Crippen LogP contribution < -0.4 is 14.2 Å². The molecule has 0 fully saturated rings. The van der Waals surface area contributed by atoms with Gasteiger partial charge in [0.1, 0.15) is 22.9 Å². The fraction of sp³-hybridized carbons (Fsp3) is 0.111. The quantitative estimate of drug-likeness (QED) is 0.347. The Morgan fingerprint density at radius 1 is 0.848 bits per heavy atom. The van der Waals surface area contributed by atoms with Gasteiger partial charge in [-0.2, -0.15) is 0 Å². The number of allylic oxidation sites excluding steroid dienone is 2. The Kier molecular flexibility index (Phi) is 6.55. The van der Waals surface area contributed by atoms with Gasteiger partial charge in [-0.25, -0.2) is 4.98 Å². The number of aromatic nitrogens is 2. The third kappa shape index (κ3) is 4.80. The van der Waals surface area contributed by atoms with Crippen LogP contribution in [0.5, 0.6) is 17.2 Å². The zero-order chi connectivity index (χ0) is 23.2. The van der Waals surface area contributed by atoms with Crippen molar-refractivity contribution in [2.75, 3.05) is 21.3 Å². The Hall–Kier alpha value is -4.32. The summed E-state index contributed by atoms with van der Waals surface area (Å²) in [5, 5.41) is 0. The number of methoxy groups -OCH3 is 3. The Morgan fingerprint density at radius 2 is 1.64 bits per heavy atom. The number of imidazole rings is 1. The van der Waals surface area contributed by atoms with Crippen molar-refractivity contribution < 1.29 is 19.0 Å². The van der Waals surface area contributed by atoms with Gasteiger partial charge in [-0.1, -0.05) is 24.3 Å². The molecule has 6 nitrogen and oxygen atoms in total. The van der Waals surface area contributed by atoms with Gasteiger partial charge < -0.3 is 14.2 Å². The number of pyridine rings is 1. The predicted molar refractivity (Wildman–Crippen MR) is 130 cm³/mol. The van der Waals surface area contributed by atoms with E-state index in [4.69, 9.17) is 19.2 Å². The van der Waals surface area contributed by atoms with E-state index in [1.54, 1.807) is 33.5 Å². The second kappa shape index (κ2) is 9.87. The summed E-state index contributed by atoms with van der Waals surface area (Å²) in [4.78, 5) is 17.2. The first-order valence-electron chi connectivity index (χ1n) is 10.4. The van der Waals surface area contributed by atoms with E-state index in [0.717, 1.165) is 28.2 Å². The van der Waals surface area contributed by atoms with Crippen molar-refractivity contribution >= 4 is 23.6 Å². The molecule has 166 valence electrons. The van der Waals surface area contributed by atoms with Gasteiger partial charge in [-0.3, -0.25) is 9.20 Å². The largest absolute Gasteiger partial charge is 0.497 e. The minimum atomic E-state index is -0.150. The molecule has 0 N–H and O–H groups in total. The maximum Gasteiger partial charge on any atom is 0.178 e. The molecule has 0 aliphatic carbocycles. The maximum atomic E-state index is 12.5. The standard InChI is InChI=1S/C27H24N2O4/c1-31-21-8-6-7-19(17-21)10-11-20(30)12-15-24-27(29-16-5-4-9-26(29)28-24)23-14-13-22(32-2)18-25(23)33-3/h4-18H,1-3H3/b11-10+,15-12+. The molecule has 33 heavy (non-hydrogen) atoms. The zero-order valence-corrected chi connectivity index (χ0v) is 18.7. The molecule has 0 spiro atoms. The number of fused-ring (bicyclic) bond motifs is 1. The highest BCUT2D eigenvalue weighted by atomic mass is 16.5. The van der Waals surface area contributed by atoms with Crippen molar-refractivity contribution in [1.82, 2.24) is 9.38 Å². The first-order valence-corrected chi connectivity index (χ1v) is 10.4. The summed E-state index contributed by atoms with van der Waals surface area (Å²) in [5.41, 5.74) is 3.98. The van der Waals surface area contributed by atoms with Crippen LogP contribution in [0.1, 0.15) is 11.3 Å². The molecule has 0 bridgehead atoms. The van der Waals surface area contributed by atoms with Crippen LogP contribution in [-0.4, -0.2) is 36.5 Å². The van der Waals surface area contributed by atoms with Crippen molar-refractivity contribution in [3.63, 3.8) is 0 Å². The smallest absolute Gasteiger partial charge is 0.178 e. The molecule has 2 aromatic heterocycles. The SMILES string of the molecule is COc1cccc(/C=C/C(=O)/C=C/c2nc3ccccn3c2-c2ccc(OC)cc2OC)c1. The van der Waals surface area contributed by atoms with Gasteiger partial charge in [0.05, 0.1) is 32.7 Å². The lowest BCUT2D eigenvalue weighted by Gasteiger charge is -2.11. The van der Waals surface area contributed by atoms with Crippen LogP contribution in [0.2, 0.25) is 0 Å². The average molecular weight is 440 g/mol. The third-order valence-electron chi connectivity index (χ3n) is 5.16. The lowest BCUT2D eigenvalue weighted by Crippen LogP contribution is -1.94. The van der Waals surface area contributed by atoms with E-state index in [9.17, 15) is 4.79 Å². The van der Waals surface area contributed by atoms with Crippen LogP contribution in [-0.2, 0) is 4.79 Å². The minimum absolute atomic E-state index is 0.150. The molecule has 0 unspecified atom stereocenters. The van der Waals surface area contributed by atoms with Gasteiger partial charge in [0.25, 0.3) is 0 Å². The number of carbonyl (C=O) groups excluding carboxylic acids is 1. The number of carbonyl (C=O) groups is 1. The number of nitrogens with zero attached hydrogens (tertiary/aromatic N) is 2. The Balaban J connectivity index is 1.69. The van der Waals surface area contributed by atoms with Crippen LogP contribution in [0, 0.1) is 0 Å². The summed E-state index contributed by atoms with van der Waals surface area (Å²) < 4.78 is 18.1. The van der Waals surface area contributed by atoms with Crippen molar-refractivity contribution in [2.45, 2.75) is 0 Å². The molecule has 0 saturated carbocycles. The highest BCUT2D eigenvalue weighted by molar-refractivity contribution is 6.04. The van der Waals surface area contributed by atoms with E-state index in [-0.39, 0.29) is 5.78 Å². The molecule has 0 radical (unpaired) electrons. The monoisotopic (exact) mass is 440 g/mol. The molecular formula is C27H24N2O4. The molecule has 2 aromatic carbocycles. The third-order valence-corrected chi connectivity index (χ3v) is 5.16. The highest BCUT2D eigenvalue weighted by Crippen LogP contribution is 2.36. The van der Waals surface area contributed by atoms with Gasteiger partial charge in [0, 0.05) is 17.8 Å². The van der Waals surface area contributed by atoms with Crippen LogP contribution in [0.4, 0.5) is 0 Å². The van der Waals surface area contributed by atoms with E-state index < -0.39 is 0 Å². The molecule has 4 aromatic rings. The fourth-order valence-corrected chi connectivity index (χ4v) is 3.53. The van der Waals surface area contributed by atoms with Gasteiger partial charge in [0.15, 0.2) is 5.78 Å². The van der Waals surface area contributed by atoms with E-state index in [2.05, 4.69) is 0 Å². The molecule has 0 aliphatic rings. The molecule has 2 heterocycles. The Labute approximate surface area is 192 Å². The first-order chi connectivity index (χ1) is 16.1. The maximum absolute atomic E-state index is 12.5. The van der Waals surface area contributed by atoms with Crippen LogP contribution in [0.3, 0.4) is 0 Å². The molecule has 0 aliphatic heterocycles. The summed E-state index contributed by atoms with van der Waals surface area (Å²) in [6.45, 7) is 0. The van der Waals surface area contributed by atoms with E-state index >= 15 is 0 Å². The summed E-state index contributed by atoms with van der Waals surface area (Å²) in [6.07, 6.45) is 8.45. The normalized spacial score (nSPS) is 11.4. The number of ketones is 1. The molecular weight excluding hydrogens is 416 g/mol. The number of hydrogen-bond donors (Lipinski definition) is 0. The van der Waals surface area contributed by atoms with Gasteiger partial charge in [-0.05, 0) is 60.2 Å². The van der Waals surface area contributed by atoms with Gasteiger partial charge in [-0.15, -0.1) is 0 Å². The second-order valence-electron chi connectivity index (χ2n) is 7.19. The molecule has 0 atom stereocenters. The molecule has 0 saturated heterocycles. The fourth-order valence-electron chi connectivity index (χ4n) is 3.53. The summed E-state index contributed by atoms with van der Waals surface area (Å²) in [6, 6.07) is 18.9. The van der Waals surface area contributed by atoms with Crippen molar-refractivity contribution in [2.24, 2.45) is 0 Å². The highest BCUT2D eigenvalue weighted by Gasteiger charge is 2.17.